The highest BCUT2D eigenvalue weighted by atomic mass is 32.1. The molecular weight excluding hydrogens is 270 g/mol. The number of carbonyl (C=O) groups is 1. The molecule has 0 saturated carbocycles. The molecule has 1 unspecified atom stereocenters. The number of benzene rings is 1. The first-order valence-corrected chi connectivity index (χ1v) is 7.22. The molecule has 0 aliphatic rings. The first-order chi connectivity index (χ1) is 9.53. The van der Waals surface area contributed by atoms with Gasteiger partial charge in [0.2, 0.25) is 0 Å². The molecular formula is C16H21NO2S. The number of ketones is 1. The van der Waals surface area contributed by atoms with Crippen LogP contribution >= 0.6 is 12.2 Å². The van der Waals surface area contributed by atoms with Gasteiger partial charge in [-0.2, -0.15) is 0 Å². The van der Waals surface area contributed by atoms with Crippen molar-refractivity contribution in [2.24, 2.45) is 10.9 Å². The second-order valence-electron chi connectivity index (χ2n) is 5.11. The molecule has 0 saturated heterocycles. The Morgan fingerprint density at radius 3 is 2.65 bits per heavy atom. The zero-order valence-electron chi connectivity index (χ0n) is 12.5. The van der Waals surface area contributed by atoms with Crippen molar-refractivity contribution in [3.05, 3.63) is 29.3 Å². The second-order valence-corrected chi connectivity index (χ2v) is 5.29. The van der Waals surface area contributed by atoms with Gasteiger partial charge in [-0.3, -0.25) is 4.79 Å². The van der Waals surface area contributed by atoms with Crippen LogP contribution in [0.2, 0.25) is 0 Å². The van der Waals surface area contributed by atoms with Crippen LogP contribution in [0.4, 0.5) is 0 Å². The number of thiocarbonyl (C=S) groups is 1. The summed E-state index contributed by atoms with van der Waals surface area (Å²) in [6.45, 7) is 6.16. The first-order valence-electron chi connectivity index (χ1n) is 6.81. The Hall–Kier alpha value is -1.51. The third-order valence-electron chi connectivity index (χ3n) is 3.16. The smallest absolute Gasteiger partial charge is 0.188 e. The maximum Gasteiger partial charge on any atom is 0.188 e. The molecule has 1 atom stereocenters. The number of hydrogen-bond acceptors (Lipinski definition) is 4. The van der Waals surface area contributed by atoms with E-state index in [0.29, 0.717) is 17.9 Å². The number of hydrogen-bond donors (Lipinski definition) is 0. The Morgan fingerprint density at radius 2 is 2.15 bits per heavy atom. The van der Waals surface area contributed by atoms with Gasteiger partial charge in [-0.25, -0.2) is 4.99 Å². The molecule has 108 valence electrons. The van der Waals surface area contributed by atoms with Crippen LogP contribution in [0.3, 0.4) is 0 Å². The van der Waals surface area contributed by atoms with Crippen LogP contribution < -0.4 is 4.74 Å². The summed E-state index contributed by atoms with van der Waals surface area (Å²) in [7, 11) is 1.61. The van der Waals surface area contributed by atoms with E-state index in [1.807, 2.05) is 12.1 Å². The number of Topliss-reactive ketones (excluding diaryl/α,β-unsaturated/α-hetero) is 1. The van der Waals surface area contributed by atoms with Gasteiger partial charge in [0.15, 0.2) is 5.78 Å². The van der Waals surface area contributed by atoms with Crippen molar-refractivity contribution in [1.29, 1.82) is 0 Å². The SMILES string of the molecule is CCc1ccc(C(=O)C(CC(C)C)N=C=S)cc1OC. The number of ether oxygens (including phenoxy) is 1. The Balaban J connectivity index is 3.08. The molecule has 0 radical (unpaired) electrons. The van der Waals surface area contributed by atoms with Crippen molar-refractivity contribution in [3.8, 4) is 5.75 Å². The van der Waals surface area contributed by atoms with E-state index in [-0.39, 0.29) is 5.78 Å². The molecule has 1 rings (SSSR count). The van der Waals surface area contributed by atoms with E-state index in [1.165, 1.54) is 0 Å². The summed E-state index contributed by atoms with van der Waals surface area (Å²) in [5.74, 6) is 1.08. The average molecular weight is 291 g/mol. The summed E-state index contributed by atoms with van der Waals surface area (Å²) >= 11 is 4.64. The molecule has 0 spiro atoms. The van der Waals surface area contributed by atoms with Crippen LogP contribution in [0.5, 0.6) is 5.75 Å². The minimum atomic E-state index is -0.454. The van der Waals surface area contributed by atoms with E-state index in [1.54, 1.807) is 13.2 Å². The molecule has 1 aromatic rings. The third kappa shape index (κ3) is 4.26. The van der Waals surface area contributed by atoms with Crippen LogP contribution in [0.15, 0.2) is 23.2 Å². The van der Waals surface area contributed by atoms with E-state index in [9.17, 15) is 4.79 Å². The summed E-state index contributed by atoms with van der Waals surface area (Å²) in [5.41, 5.74) is 1.70. The number of rotatable bonds is 7. The Bertz CT molecular complexity index is 519. The maximum absolute atomic E-state index is 12.5. The lowest BCUT2D eigenvalue weighted by Crippen LogP contribution is -2.21. The van der Waals surface area contributed by atoms with Gasteiger partial charge in [0.05, 0.1) is 12.3 Å². The first kappa shape index (κ1) is 16.5. The van der Waals surface area contributed by atoms with Gasteiger partial charge in [-0.15, -0.1) is 0 Å². The van der Waals surface area contributed by atoms with Gasteiger partial charge in [0.25, 0.3) is 0 Å². The monoisotopic (exact) mass is 291 g/mol. The van der Waals surface area contributed by atoms with E-state index in [2.05, 4.69) is 43.1 Å². The topological polar surface area (TPSA) is 38.7 Å². The van der Waals surface area contributed by atoms with Crippen molar-refractivity contribution < 1.29 is 9.53 Å². The predicted molar refractivity (Wildman–Crippen MR) is 85.0 cm³/mol. The highest BCUT2D eigenvalue weighted by molar-refractivity contribution is 7.78. The summed E-state index contributed by atoms with van der Waals surface area (Å²) in [6.07, 6.45) is 1.53. The molecule has 0 heterocycles. The number of aliphatic imine (C=N–C) groups is 1. The van der Waals surface area contributed by atoms with Crippen molar-refractivity contribution >= 4 is 23.2 Å². The van der Waals surface area contributed by atoms with Gasteiger partial charge < -0.3 is 4.74 Å². The highest BCUT2D eigenvalue weighted by Crippen LogP contribution is 2.23. The van der Waals surface area contributed by atoms with Crippen LogP contribution in [-0.2, 0) is 6.42 Å². The third-order valence-corrected chi connectivity index (χ3v) is 3.26. The zero-order valence-corrected chi connectivity index (χ0v) is 13.3. The molecule has 3 nitrogen and oxygen atoms in total. The Labute approximate surface area is 126 Å². The predicted octanol–water partition coefficient (Wildman–Crippen LogP) is 3.96. The van der Waals surface area contributed by atoms with E-state index < -0.39 is 6.04 Å². The van der Waals surface area contributed by atoms with Gasteiger partial charge in [-0.05, 0) is 42.6 Å². The highest BCUT2D eigenvalue weighted by Gasteiger charge is 2.21. The number of nitrogens with zero attached hydrogens (tertiary/aromatic N) is 1. The van der Waals surface area contributed by atoms with Crippen molar-refractivity contribution in [1.82, 2.24) is 0 Å². The molecule has 4 heteroatoms. The molecule has 0 aromatic heterocycles. The number of aryl methyl sites for hydroxylation is 1. The minimum Gasteiger partial charge on any atom is -0.496 e. The molecule has 20 heavy (non-hydrogen) atoms. The second kappa shape index (κ2) is 7.93. The fraction of sp³-hybridized carbons (Fsp3) is 0.500. The molecule has 0 bridgehead atoms. The quantitative estimate of drug-likeness (QED) is 0.433. The standard InChI is InChI=1S/C16H21NO2S/c1-5-12-6-7-13(9-15(12)19-4)16(18)14(17-10-20)8-11(2)3/h6-7,9,11,14H,5,8H2,1-4H3. The summed E-state index contributed by atoms with van der Waals surface area (Å²) in [6, 6.07) is 5.09. The molecule has 0 aliphatic carbocycles. The number of methoxy groups -OCH3 is 1. The molecule has 0 fully saturated rings. The average Bonchev–Trinajstić information content (AvgIpc) is 2.44. The molecule has 0 aliphatic heterocycles. The van der Waals surface area contributed by atoms with Crippen LogP contribution in [0.25, 0.3) is 0 Å². The van der Waals surface area contributed by atoms with Gasteiger partial charge >= 0.3 is 0 Å². The Morgan fingerprint density at radius 1 is 1.45 bits per heavy atom. The summed E-state index contributed by atoms with van der Waals surface area (Å²) in [4.78, 5) is 16.5. The Kier molecular flexibility index (Phi) is 6.56. The minimum absolute atomic E-state index is 0.0306. The van der Waals surface area contributed by atoms with E-state index in [4.69, 9.17) is 4.74 Å². The zero-order chi connectivity index (χ0) is 15.1. The van der Waals surface area contributed by atoms with Crippen molar-refractivity contribution in [2.45, 2.75) is 39.7 Å². The van der Waals surface area contributed by atoms with Gasteiger partial charge in [0, 0.05) is 5.56 Å². The van der Waals surface area contributed by atoms with Crippen LogP contribution in [0, 0.1) is 5.92 Å². The van der Waals surface area contributed by atoms with Crippen molar-refractivity contribution in [2.75, 3.05) is 7.11 Å². The van der Waals surface area contributed by atoms with Crippen LogP contribution in [0.1, 0.15) is 43.1 Å². The van der Waals surface area contributed by atoms with Crippen LogP contribution in [-0.4, -0.2) is 24.1 Å². The summed E-state index contributed by atoms with van der Waals surface area (Å²) < 4.78 is 5.33. The fourth-order valence-corrected chi connectivity index (χ4v) is 2.24. The largest absolute Gasteiger partial charge is 0.496 e. The molecule has 0 amide bonds. The number of carbonyl (C=O) groups excluding carboxylic acids is 1. The fourth-order valence-electron chi connectivity index (χ4n) is 2.11. The molecule has 0 N–H and O–H groups in total. The maximum atomic E-state index is 12.5. The van der Waals surface area contributed by atoms with E-state index >= 15 is 0 Å². The molecule has 1 aromatic carbocycles. The summed E-state index contributed by atoms with van der Waals surface area (Å²) in [5, 5.41) is 2.33. The van der Waals surface area contributed by atoms with Gasteiger partial charge in [0.1, 0.15) is 11.8 Å². The normalized spacial score (nSPS) is 11.8. The van der Waals surface area contributed by atoms with Gasteiger partial charge in [-0.1, -0.05) is 32.9 Å². The number of isothiocyanates is 1. The lowest BCUT2D eigenvalue weighted by molar-refractivity contribution is 0.0952. The van der Waals surface area contributed by atoms with Crippen molar-refractivity contribution in [3.63, 3.8) is 0 Å². The lowest BCUT2D eigenvalue weighted by Gasteiger charge is -2.14. The van der Waals surface area contributed by atoms with E-state index in [0.717, 1.165) is 17.7 Å². The lowest BCUT2D eigenvalue weighted by atomic mass is 9.95.